The lowest BCUT2D eigenvalue weighted by atomic mass is 9.99. The number of carbonyl (C=O) groups is 1. The molecule has 1 fully saturated rings. The number of aromatic nitrogens is 3. The van der Waals surface area contributed by atoms with E-state index in [0.717, 1.165) is 58.5 Å². The quantitative estimate of drug-likeness (QED) is 0.450. The van der Waals surface area contributed by atoms with E-state index in [-0.39, 0.29) is 18.1 Å². The lowest BCUT2D eigenvalue weighted by Gasteiger charge is -2.19. The van der Waals surface area contributed by atoms with Gasteiger partial charge in [0.2, 0.25) is 0 Å². The molecular weight excluding hydrogens is 438 g/mol. The van der Waals surface area contributed by atoms with Gasteiger partial charge >= 0.3 is 0 Å². The molecule has 2 atom stereocenters. The lowest BCUT2D eigenvalue weighted by Crippen LogP contribution is -2.28. The molecule has 2 aromatic carbocycles. The molecule has 0 spiro atoms. The van der Waals surface area contributed by atoms with Crippen LogP contribution in [0, 0.1) is 6.92 Å². The molecule has 35 heavy (non-hydrogen) atoms. The van der Waals surface area contributed by atoms with Crippen molar-refractivity contribution in [1.29, 1.82) is 0 Å². The smallest absolute Gasteiger partial charge is 0.252 e. The van der Waals surface area contributed by atoms with E-state index in [4.69, 9.17) is 9.72 Å². The molecule has 0 bridgehead atoms. The minimum atomic E-state index is -0.224. The average Bonchev–Trinajstić information content (AvgIpc) is 3.47. The zero-order chi connectivity index (χ0) is 24.5. The lowest BCUT2D eigenvalue weighted by molar-refractivity contribution is 0.0938. The van der Waals surface area contributed by atoms with E-state index in [1.165, 1.54) is 0 Å². The third kappa shape index (κ3) is 4.91. The number of likely N-dealkylation sites (N-methyl/N-ethyl adjacent to an activating group) is 1. The van der Waals surface area contributed by atoms with Gasteiger partial charge in [-0.25, -0.2) is 4.98 Å². The first-order valence-corrected chi connectivity index (χ1v) is 12.0. The first-order chi connectivity index (χ1) is 16.9. The van der Waals surface area contributed by atoms with Gasteiger partial charge in [-0.1, -0.05) is 24.3 Å². The Labute approximate surface area is 205 Å². The number of nitrogens with zero attached hydrogens (tertiary/aromatic N) is 4. The summed E-state index contributed by atoms with van der Waals surface area (Å²) in [6, 6.07) is 15.6. The van der Waals surface area contributed by atoms with E-state index in [2.05, 4.69) is 22.4 Å². The normalized spacial score (nSPS) is 17.0. The van der Waals surface area contributed by atoms with Gasteiger partial charge in [0.05, 0.1) is 23.4 Å². The van der Waals surface area contributed by atoms with E-state index >= 15 is 0 Å². The molecule has 1 saturated heterocycles. The Balaban J connectivity index is 1.41. The Bertz CT molecular complexity index is 1380. The van der Waals surface area contributed by atoms with Crippen LogP contribution in [0.5, 0.6) is 5.75 Å². The summed E-state index contributed by atoms with van der Waals surface area (Å²) in [7, 11) is 3.99. The van der Waals surface area contributed by atoms with E-state index < -0.39 is 0 Å². The maximum absolute atomic E-state index is 13.4. The zero-order valence-corrected chi connectivity index (χ0v) is 20.7. The van der Waals surface area contributed by atoms with Gasteiger partial charge in [-0.05, 0) is 62.7 Å². The van der Waals surface area contributed by atoms with Crippen molar-refractivity contribution < 1.29 is 9.53 Å². The van der Waals surface area contributed by atoms with Crippen LogP contribution in [0.15, 0.2) is 60.9 Å². The predicted molar refractivity (Wildman–Crippen MR) is 138 cm³/mol. The Morgan fingerprint density at radius 2 is 2.00 bits per heavy atom. The van der Waals surface area contributed by atoms with Gasteiger partial charge in [0.25, 0.3) is 5.91 Å². The number of fused-ring (bicyclic) bond motifs is 1. The minimum absolute atomic E-state index is 0.118. The molecule has 7 heteroatoms. The molecular formula is C28H31N5O2. The fourth-order valence-corrected chi connectivity index (χ4v) is 4.72. The van der Waals surface area contributed by atoms with Crippen molar-refractivity contribution in [3.8, 4) is 17.0 Å². The molecule has 1 aliphatic heterocycles. The fraction of sp³-hybridized carbons (Fsp3) is 0.321. The SMILES string of the molecule is Cc1ccc(O[C@H]2CCN(C)C2)cc1C(=O)N[C@H](C)c1cc(-c2cnn(C)c2)nc2ccccc12. The standard InChI is InChI=1S/C28H31N5O2/c1-18-9-10-21(35-22-11-12-32(3)17-22)13-24(18)28(34)30-19(2)25-14-27(20-15-29-33(4)16-20)31-26-8-6-5-7-23(25)26/h5-10,13-16,19,22H,11-12,17H2,1-4H3,(H,30,34)/t19-,22+/m1/s1. The van der Waals surface area contributed by atoms with Crippen LogP contribution in [0.1, 0.15) is 40.9 Å². The van der Waals surface area contributed by atoms with Crippen LogP contribution in [-0.4, -0.2) is 51.8 Å². The van der Waals surface area contributed by atoms with Crippen LogP contribution in [0.2, 0.25) is 0 Å². The third-order valence-corrected chi connectivity index (χ3v) is 6.67. The van der Waals surface area contributed by atoms with E-state index in [9.17, 15) is 4.79 Å². The van der Waals surface area contributed by atoms with Crippen LogP contribution in [0.25, 0.3) is 22.2 Å². The van der Waals surface area contributed by atoms with Gasteiger partial charge in [-0.2, -0.15) is 5.10 Å². The van der Waals surface area contributed by atoms with Crippen molar-refractivity contribution in [3.05, 3.63) is 77.6 Å². The largest absolute Gasteiger partial charge is 0.489 e. The van der Waals surface area contributed by atoms with Crippen LogP contribution >= 0.6 is 0 Å². The highest BCUT2D eigenvalue weighted by atomic mass is 16.5. The summed E-state index contributed by atoms with van der Waals surface area (Å²) >= 11 is 0. The fourth-order valence-electron chi connectivity index (χ4n) is 4.72. The predicted octanol–water partition coefficient (Wildman–Crippen LogP) is 4.52. The second-order valence-electron chi connectivity index (χ2n) is 9.48. The number of ether oxygens (including phenoxy) is 1. The summed E-state index contributed by atoms with van der Waals surface area (Å²) < 4.78 is 7.93. The van der Waals surface area contributed by atoms with Crippen molar-refractivity contribution in [3.63, 3.8) is 0 Å². The molecule has 5 rings (SSSR count). The van der Waals surface area contributed by atoms with Gasteiger partial charge in [0.1, 0.15) is 11.9 Å². The average molecular weight is 470 g/mol. The first kappa shape index (κ1) is 23.1. The molecule has 7 nitrogen and oxygen atoms in total. The first-order valence-electron chi connectivity index (χ1n) is 12.0. The summed E-state index contributed by atoms with van der Waals surface area (Å²) in [5.41, 5.74) is 5.23. The molecule has 0 unspecified atom stereocenters. The molecule has 4 aromatic rings. The summed E-state index contributed by atoms with van der Waals surface area (Å²) in [5.74, 6) is 0.620. The number of aryl methyl sites for hydroxylation is 2. The number of hydrogen-bond acceptors (Lipinski definition) is 5. The van der Waals surface area contributed by atoms with Gasteiger partial charge in [0, 0.05) is 42.8 Å². The van der Waals surface area contributed by atoms with Gasteiger partial charge in [-0.3, -0.25) is 9.48 Å². The highest BCUT2D eigenvalue weighted by molar-refractivity contribution is 5.96. The van der Waals surface area contributed by atoms with Crippen molar-refractivity contribution in [1.82, 2.24) is 25.0 Å². The number of likely N-dealkylation sites (tertiary alicyclic amines) is 1. The molecule has 3 heterocycles. The van der Waals surface area contributed by atoms with Crippen molar-refractivity contribution >= 4 is 16.8 Å². The minimum Gasteiger partial charge on any atom is -0.489 e. The van der Waals surface area contributed by atoms with Gasteiger partial charge < -0.3 is 15.0 Å². The number of benzene rings is 2. The number of hydrogen-bond donors (Lipinski definition) is 1. The van der Waals surface area contributed by atoms with Crippen molar-refractivity contribution in [2.24, 2.45) is 7.05 Å². The van der Waals surface area contributed by atoms with Crippen LogP contribution < -0.4 is 10.1 Å². The highest BCUT2D eigenvalue weighted by Crippen LogP contribution is 2.29. The Morgan fingerprint density at radius 3 is 2.74 bits per heavy atom. The molecule has 0 saturated carbocycles. The number of nitrogens with one attached hydrogen (secondary N) is 1. The van der Waals surface area contributed by atoms with Crippen LogP contribution in [0.4, 0.5) is 0 Å². The summed E-state index contributed by atoms with van der Waals surface area (Å²) in [6.45, 7) is 5.90. The Kier molecular flexibility index (Phi) is 6.26. The monoisotopic (exact) mass is 469 g/mol. The molecule has 1 N–H and O–H groups in total. The molecule has 1 amide bonds. The summed E-state index contributed by atoms with van der Waals surface area (Å²) in [5, 5.41) is 8.51. The van der Waals surface area contributed by atoms with Crippen molar-refractivity contribution in [2.75, 3.05) is 20.1 Å². The summed E-state index contributed by atoms with van der Waals surface area (Å²) in [4.78, 5) is 20.5. The van der Waals surface area contributed by atoms with Crippen LogP contribution in [-0.2, 0) is 7.05 Å². The summed E-state index contributed by atoms with van der Waals surface area (Å²) in [6.07, 6.45) is 4.91. The topological polar surface area (TPSA) is 72.3 Å². The zero-order valence-electron chi connectivity index (χ0n) is 20.7. The Morgan fingerprint density at radius 1 is 1.17 bits per heavy atom. The third-order valence-electron chi connectivity index (χ3n) is 6.67. The number of pyridine rings is 1. The molecule has 0 aliphatic carbocycles. The van der Waals surface area contributed by atoms with Crippen molar-refractivity contribution in [2.45, 2.75) is 32.4 Å². The molecule has 2 aromatic heterocycles. The molecule has 1 aliphatic rings. The van der Waals surface area contributed by atoms with Crippen LogP contribution in [0.3, 0.4) is 0 Å². The molecule has 0 radical (unpaired) electrons. The van der Waals surface area contributed by atoms with E-state index in [1.807, 2.05) is 75.6 Å². The maximum atomic E-state index is 13.4. The van der Waals surface area contributed by atoms with E-state index in [0.29, 0.717) is 5.56 Å². The maximum Gasteiger partial charge on any atom is 0.252 e. The second-order valence-corrected chi connectivity index (χ2v) is 9.48. The second kappa shape index (κ2) is 9.50. The van der Waals surface area contributed by atoms with Gasteiger partial charge in [0.15, 0.2) is 0 Å². The Hall–Kier alpha value is -3.71. The highest BCUT2D eigenvalue weighted by Gasteiger charge is 2.22. The van der Waals surface area contributed by atoms with Gasteiger partial charge in [-0.15, -0.1) is 0 Å². The number of rotatable bonds is 6. The number of para-hydroxylation sites is 1. The number of carbonyl (C=O) groups excluding carboxylic acids is 1. The van der Waals surface area contributed by atoms with E-state index in [1.54, 1.807) is 10.9 Å². The number of amides is 1. The molecule has 180 valence electrons.